The van der Waals surface area contributed by atoms with Gasteiger partial charge in [0.25, 0.3) is 0 Å². The first-order valence-corrected chi connectivity index (χ1v) is 12.4. The Morgan fingerprint density at radius 3 is 2.24 bits per heavy atom. The molecule has 2 aromatic heterocycles. The molecule has 4 rings (SSSR count). The Hall–Kier alpha value is -3.38. The maximum Gasteiger partial charge on any atom is 0.339 e. The summed E-state index contributed by atoms with van der Waals surface area (Å²) in [6.45, 7) is 7.49. The van der Waals surface area contributed by atoms with Crippen molar-refractivity contribution in [2.75, 3.05) is 0 Å². The Labute approximate surface area is 194 Å². The number of carbonyl (C=O) groups is 1. The number of ketones is 1. The number of aromatic nitrogens is 1. The van der Waals surface area contributed by atoms with E-state index < -0.39 is 10.1 Å². The molecule has 0 amide bonds. The van der Waals surface area contributed by atoms with Crippen molar-refractivity contribution in [2.24, 2.45) is 0 Å². The fourth-order valence-corrected chi connectivity index (χ4v) is 5.15. The van der Waals surface area contributed by atoms with E-state index in [4.69, 9.17) is 4.18 Å². The molecule has 2 aromatic carbocycles. The summed E-state index contributed by atoms with van der Waals surface area (Å²) in [5.41, 5.74) is 5.27. The highest BCUT2D eigenvalue weighted by Crippen LogP contribution is 2.30. The lowest BCUT2D eigenvalue weighted by Crippen LogP contribution is -2.13. The van der Waals surface area contributed by atoms with Crippen LogP contribution in [0.4, 0.5) is 0 Å². The molecule has 0 bridgehead atoms. The Morgan fingerprint density at radius 1 is 0.939 bits per heavy atom. The van der Waals surface area contributed by atoms with Gasteiger partial charge in [0, 0.05) is 17.3 Å². The molecule has 6 heteroatoms. The second-order valence-corrected chi connectivity index (χ2v) is 9.93. The average Bonchev–Trinajstić information content (AvgIpc) is 3.14. The predicted octanol–water partition coefficient (Wildman–Crippen LogP) is 5.82. The summed E-state index contributed by atoms with van der Waals surface area (Å²) < 4.78 is 33.0. The SMILES string of the molecule is CCCc1cc2ccccn2c1C(=O)c1cc(C)c(OS(=O)(=O)c2ccc(C)cc2)c(C)c1. The van der Waals surface area contributed by atoms with E-state index in [1.165, 1.54) is 12.1 Å². The molecule has 170 valence electrons. The zero-order valence-electron chi connectivity index (χ0n) is 19.3. The molecule has 0 aliphatic carbocycles. The van der Waals surface area contributed by atoms with Crippen molar-refractivity contribution in [1.82, 2.24) is 4.40 Å². The number of rotatable bonds is 7. The first kappa shape index (κ1) is 22.8. The second-order valence-electron chi connectivity index (χ2n) is 8.38. The lowest BCUT2D eigenvalue weighted by atomic mass is 9.98. The molecule has 0 spiro atoms. The third kappa shape index (κ3) is 4.44. The van der Waals surface area contributed by atoms with Gasteiger partial charge < -0.3 is 8.58 Å². The summed E-state index contributed by atoms with van der Waals surface area (Å²) in [6.07, 6.45) is 3.63. The minimum Gasteiger partial charge on any atom is -0.378 e. The average molecular weight is 462 g/mol. The predicted molar refractivity (Wildman–Crippen MR) is 130 cm³/mol. The lowest BCUT2D eigenvalue weighted by Gasteiger charge is -2.14. The number of carbonyl (C=O) groups excluding carboxylic acids is 1. The molecule has 2 heterocycles. The molecule has 4 aromatic rings. The summed E-state index contributed by atoms with van der Waals surface area (Å²) >= 11 is 0. The van der Waals surface area contributed by atoms with Gasteiger partial charge in [0.05, 0.1) is 5.69 Å². The summed E-state index contributed by atoms with van der Waals surface area (Å²) in [7, 11) is -3.98. The van der Waals surface area contributed by atoms with Crippen molar-refractivity contribution in [3.05, 3.63) is 100 Å². The van der Waals surface area contributed by atoms with Gasteiger partial charge in [-0.05, 0) is 86.3 Å². The van der Waals surface area contributed by atoms with Crippen LogP contribution in [0.15, 0.2) is 71.8 Å². The van der Waals surface area contributed by atoms with Crippen molar-refractivity contribution in [3.63, 3.8) is 0 Å². The Balaban J connectivity index is 1.72. The number of hydrogen-bond acceptors (Lipinski definition) is 4. The van der Waals surface area contributed by atoms with E-state index in [1.807, 2.05) is 35.7 Å². The molecule has 33 heavy (non-hydrogen) atoms. The molecule has 0 unspecified atom stereocenters. The molecule has 0 saturated heterocycles. The van der Waals surface area contributed by atoms with Crippen molar-refractivity contribution in [3.8, 4) is 5.75 Å². The quantitative estimate of drug-likeness (QED) is 0.257. The molecule has 0 atom stereocenters. The van der Waals surface area contributed by atoms with E-state index in [0.29, 0.717) is 22.4 Å². The van der Waals surface area contributed by atoms with Gasteiger partial charge in [-0.25, -0.2) is 0 Å². The van der Waals surface area contributed by atoms with Crippen molar-refractivity contribution < 1.29 is 17.4 Å². The number of pyridine rings is 1. The van der Waals surface area contributed by atoms with E-state index in [0.717, 1.165) is 29.5 Å². The summed E-state index contributed by atoms with van der Waals surface area (Å²) in [6, 6.07) is 17.8. The fourth-order valence-electron chi connectivity index (χ4n) is 4.11. The maximum absolute atomic E-state index is 13.6. The molecule has 0 N–H and O–H groups in total. The highest BCUT2D eigenvalue weighted by molar-refractivity contribution is 7.87. The highest BCUT2D eigenvalue weighted by atomic mass is 32.2. The van der Waals surface area contributed by atoms with Gasteiger partial charge in [-0.2, -0.15) is 8.42 Å². The van der Waals surface area contributed by atoms with Crippen LogP contribution in [-0.4, -0.2) is 18.6 Å². The Bertz CT molecular complexity index is 1420. The van der Waals surface area contributed by atoms with Crippen molar-refractivity contribution >= 4 is 21.4 Å². The van der Waals surface area contributed by atoms with Gasteiger partial charge in [-0.1, -0.05) is 37.1 Å². The van der Waals surface area contributed by atoms with E-state index in [-0.39, 0.29) is 16.4 Å². The van der Waals surface area contributed by atoms with Crippen molar-refractivity contribution in [2.45, 2.75) is 45.4 Å². The van der Waals surface area contributed by atoms with Crippen LogP contribution in [0.3, 0.4) is 0 Å². The van der Waals surface area contributed by atoms with Crippen LogP contribution in [0.5, 0.6) is 5.75 Å². The molecule has 0 aliphatic rings. The third-order valence-electron chi connectivity index (χ3n) is 5.72. The molecule has 0 radical (unpaired) electrons. The number of hydrogen-bond donors (Lipinski definition) is 0. The van der Waals surface area contributed by atoms with Gasteiger partial charge in [0.1, 0.15) is 10.6 Å². The van der Waals surface area contributed by atoms with E-state index in [1.54, 1.807) is 38.1 Å². The van der Waals surface area contributed by atoms with Crippen LogP contribution in [-0.2, 0) is 16.5 Å². The van der Waals surface area contributed by atoms with Gasteiger partial charge in [0.2, 0.25) is 5.78 Å². The lowest BCUT2D eigenvalue weighted by molar-refractivity contribution is 0.103. The Kier molecular flexibility index (Phi) is 6.13. The summed E-state index contributed by atoms with van der Waals surface area (Å²) in [5, 5.41) is 0. The number of aryl methyl sites for hydroxylation is 4. The summed E-state index contributed by atoms with van der Waals surface area (Å²) in [5.74, 6) is 0.157. The van der Waals surface area contributed by atoms with Crippen LogP contribution < -0.4 is 4.18 Å². The molecule has 5 nitrogen and oxygen atoms in total. The molecule has 0 aliphatic heterocycles. The third-order valence-corrected chi connectivity index (χ3v) is 6.95. The van der Waals surface area contributed by atoms with Gasteiger partial charge in [-0.3, -0.25) is 4.79 Å². The normalized spacial score (nSPS) is 11.6. The topological polar surface area (TPSA) is 64.8 Å². The zero-order valence-corrected chi connectivity index (χ0v) is 20.1. The minimum atomic E-state index is -3.98. The van der Waals surface area contributed by atoms with Gasteiger partial charge in [0.15, 0.2) is 0 Å². The number of nitrogens with zero attached hydrogens (tertiary/aromatic N) is 1. The largest absolute Gasteiger partial charge is 0.378 e. The van der Waals surface area contributed by atoms with Gasteiger partial charge in [-0.15, -0.1) is 0 Å². The van der Waals surface area contributed by atoms with Crippen LogP contribution >= 0.6 is 0 Å². The minimum absolute atomic E-state index is 0.0934. The second kappa shape index (κ2) is 8.87. The number of fused-ring (bicyclic) bond motifs is 1. The zero-order chi connectivity index (χ0) is 23.8. The standard InChI is InChI=1S/C27H27NO4S/c1-5-8-21-17-23-9-6-7-14-28(23)25(21)26(29)22-15-19(3)27(20(4)16-22)32-33(30,31)24-12-10-18(2)11-13-24/h6-7,9-17H,5,8H2,1-4H3. The van der Waals surface area contributed by atoms with Crippen LogP contribution in [0, 0.1) is 20.8 Å². The smallest absolute Gasteiger partial charge is 0.339 e. The number of benzene rings is 2. The van der Waals surface area contributed by atoms with Crippen molar-refractivity contribution in [1.29, 1.82) is 0 Å². The monoisotopic (exact) mass is 461 g/mol. The molecular weight excluding hydrogens is 434 g/mol. The summed E-state index contributed by atoms with van der Waals surface area (Å²) in [4.78, 5) is 13.7. The first-order valence-electron chi connectivity index (χ1n) is 11.0. The maximum atomic E-state index is 13.6. The van der Waals surface area contributed by atoms with E-state index in [9.17, 15) is 13.2 Å². The van der Waals surface area contributed by atoms with Gasteiger partial charge >= 0.3 is 10.1 Å². The molecular formula is C27H27NO4S. The van der Waals surface area contributed by atoms with Crippen LogP contribution in [0.1, 0.15) is 51.7 Å². The fraction of sp³-hybridized carbons (Fsp3) is 0.222. The molecule has 0 fully saturated rings. The van der Waals surface area contributed by atoms with Crippen LogP contribution in [0.2, 0.25) is 0 Å². The molecule has 0 saturated carbocycles. The Morgan fingerprint density at radius 2 is 1.61 bits per heavy atom. The van der Waals surface area contributed by atoms with E-state index in [2.05, 4.69) is 13.0 Å². The van der Waals surface area contributed by atoms with E-state index >= 15 is 0 Å². The van der Waals surface area contributed by atoms with Crippen LogP contribution in [0.25, 0.3) is 5.52 Å². The highest BCUT2D eigenvalue weighted by Gasteiger charge is 2.23. The first-order chi connectivity index (χ1) is 15.7.